The summed E-state index contributed by atoms with van der Waals surface area (Å²) in [6.45, 7) is 4.17. The van der Waals surface area contributed by atoms with E-state index in [9.17, 15) is 9.59 Å². The van der Waals surface area contributed by atoms with Crippen molar-refractivity contribution < 1.29 is 9.59 Å². The van der Waals surface area contributed by atoms with Gasteiger partial charge in [0, 0.05) is 17.5 Å². The molecular weight excluding hydrogens is 338 g/mol. The molecule has 1 fully saturated rings. The summed E-state index contributed by atoms with van der Waals surface area (Å²) in [5.74, 6) is 0.787. The molecule has 0 aliphatic heterocycles. The molecule has 1 saturated carbocycles. The Balaban J connectivity index is 1.52. The predicted molar refractivity (Wildman–Crippen MR) is 95.2 cm³/mol. The van der Waals surface area contributed by atoms with Gasteiger partial charge in [-0.05, 0) is 25.0 Å². The largest absolute Gasteiger partial charge is 0.303 e. The van der Waals surface area contributed by atoms with Gasteiger partial charge in [0.1, 0.15) is 5.82 Å². The highest BCUT2D eigenvalue weighted by Crippen LogP contribution is 2.39. The van der Waals surface area contributed by atoms with E-state index in [4.69, 9.17) is 0 Å². The van der Waals surface area contributed by atoms with E-state index in [1.807, 2.05) is 6.07 Å². The summed E-state index contributed by atoms with van der Waals surface area (Å²) in [5, 5.41) is 9.24. The Morgan fingerprint density at radius 2 is 1.92 bits per heavy atom. The molecule has 1 aliphatic rings. The zero-order chi connectivity index (χ0) is 17.8. The highest BCUT2D eigenvalue weighted by molar-refractivity contribution is 7.99. The van der Waals surface area contributed by atoms with Gasteiger partial charge in [0.25, 0.3) is 5.91 Å². The van der Waals surface area contributed by atoms with Crippen LogP contribution in [0, 0.1) is 0 Å². The first-order chi connectivity index (χ1) is 12.1. The highest BCUT2D eigenvalue weighted by atomic mass is 32.2. The lowest BCUT2D eigenvalue weighted by atomic mass is 10.2. The number of hydrogen-bond acceptors (Lipinski definition) is 5. The number of carbonyl (C=O) groups excluding carboxylic acids is 2. The highest BCUT2D eigenvalue weighted by Gasteiger charge is 2.30. The van der Waals surface area contributed by atoms with Gasteiger partial charge in [-0.2, -0.15) is 0 Å². The van der Waals surface area contributed by atoms with Crippen LogP contribution in [0.4, 0.5) is 0 Å². The van der Waals surface area contributed by atoms with E-state index in [0.717, 1.165) is 23.8 Å². The number of nitrogens with zero attached hydrogens (tertiary/aromatic N) is 3. The molecule has 1 heterocycles. The predicted octanol–water partition coefficient (Wildman–Crippen LogP) is 2.29. The van der Waals surface area contributed by atoms with Gasteiger partial charge in [-0.25, -0.2) is 0 Å². The van der Waals surface area contributed by atoms with Crippen molar-refractivity contribution >= 4 is 23.6 Å². The first kappa shape index (κ1) is 17.5. The fourth-order valence-electron chi connectivity index (χ4n) is 2.41. The van der Waals surface area contributed by atoms with Crippen molar-refractivity contribution in [2.75, 3.05) is 5.75 Å². The molecule has 3 rings (SSSR count). The Labute approximate surface area is 150 Å². The van der Waals surface area contributed by atoms with E-state index in [1.54, 1.807) is 24.3 Å². The summed E-state index contributed by atoms with van der Waals surface area (Å²) >= 11 is 1.34. The number of nitrogens with one attached hydrogen (secondary N) is 2. The van der Waals surface area contributed by atoms with Crippen molar-refractivity contribution in [3.05, 3.63) is 41.7 Å². The molecule has 1 aliphatic carbocycles. The van der Waals surface area contributed by atoms with Crippen LogP contribution in [-0.2, 0) is 4.79 Å². The molecule has 0 radical (unpaired) electrons. The molecule has 0 unspecified atom stereocenters. The minimum Gasteiger partial charge on any atom is -0.303 e. The summed E-state index contributed by atoms with van der Waals surface area (Å²) < 4.78 is 2.14. The second kappa shape index (κ2) is 7.69. The van der Waals surface area contributed by atoms with Gasteiger partial charge in [0.05, 0.1) is 5.75 Å². The van der Waals surface area contributed by atoms with Crippen molar-refractivity contribution in [3.8, 4) is 0 Å². The normalized spacial score (nSPS) is 13.7. The van der Waals surface area contributed by atoms with Crippen LogP contribution in [0.5, 0.6) is 0 Å². The number of benzene rings is 1. The van der Waals surface area contributed by atoms with Crippen LogP contribution in [0.15, 0.2) is 35.5 Å². The van der Waals surface area contributed by atoms with Crippen molar-refractivity contribution in [2.24, 2.45) is 0 Å². The molecule has 1 aromatic carbocycles. The summed E-state index contributed by atoms with van der Waals surface area (Å²) in [6, 6.07) is 9.18. The molecule has 0 saturated heterocycles. The Hall–Kier alpha value is -2.35. The van der Waals surface area contributed by atoms with Gasteiger partial charge >= 0.3 is 0 Å². The van der Waals surface area contributed by atoms with Gasteiger partial charge in [-0.3, -0.25) is 20.4 Å². The van der Waals surface area contributed by atoms with Crippen molar-refractivity contribution in [3.63, 3.8) is 0 Å². The second-order valence-corrected chi connectivity index (χ2v) is 7.20. The molecule has 0 spiro atoms. The third-order valence-electron chi connectivity index (χ3n) is 3.80. The molecule has 2 amide bonds. The SMILES string of the molecule is CC(C)c1nnc(SCC(=O)NNC(=O)c2ccccc2)n1C1CC1. The lowest BCUT2D eigenvalue weighted by Gasteiger charge is -2.11. The number of rotatable bonds is 6. The van der Waals surface area contributed by atoms with E-state index in [0.29, 0.717) is 17.5 Å². The lowest BCUT2D eigenvalue weighted by molar-refractivity contribution is -0.119. The molecule has 7 nitrogen and oxygen atoms in total. The van der Waals surface area contributed by atoms with Gasteiger partial charge in [-0.1, -0.05) is 43.8 Å². The van der Waals surface area contributed by atoms with Gasteiger partial charge in [-0.15, -0.1) is 10.2 Å². The number of hydrogen-bond donors (Lipinski definition) is 2. The molecule has 2 N–H and O–H groups in total. The average molecular weight is 359 g/mol. The molecular formula is C17H21N5O2S. The number of carbonyl (C=O) groups is 2. The Kier molecular flexibility index (Phi) is 5.37. The van der Waals surface area contributed by atoms with E-state index in [1.165, 1.54) is 11.8 Å². The Morgan fingerprint density at radius 1 is 1.20 bits per heavy atom. The molecule has 0 atom stereocenters. The number of thioether (sulfide) groups is 1. The summed E-state index contributed by atoms with van der Waals surface area (Å²) in [4.78, 5) is 23.9. The minimum atomic E-state index is -0.345. The standard InChI is InChI=1S/C17H21N5O2S/c1-11(2)15-19-21-17(22(15)13-8-9-13)25-10-14(23)18-20-16(24)12-6-4-3-5-7-12/h3-7,11,13H,8-10H2,1-2H3,(H,18,23)(H,20,24). The van der Waals surface area contributed by atoms with Crippen molar-refractivity contribution in [1.29, 1.82) is 0 Å². The maximum Gasteiger partial charge on any atom is 0.269 e. The topological polar surface area (TPSA) is 88.9 Å². The van der Waals surface area contributed by atoms with E-state index < -0.39 is 0 Å². The molecule has 8 heteroatoms. The summed E-state index contributed by atoms with van der Waals surface area (Å²) in [6.07, 6.45) is 2.26. The maximum atomic E-state index is 12.0. The summed E-state index contributed by atoms with van der Waals surface area (Å²) in [7, 11) is 0. The van der Waals surface area contributed by atoms with Crippen LogP contribution in [0.3, 0.4) is 0 Å². The minimum absolute atomic E-state index is 0.165. The lowest BCUT2D eigenvalue weighted by Crippen LogP contribution is -2.42. The molecule has 0 bridgehead atoms. The van der Waals surface area contributed by atoms with Gasteiger partial charge in [0.15, 0.2) is 5.16 Å². The molecule has 25 heavy (non-hydrogen) atoms. The summed E-state index contributed by atoms with van der Waals surface area (Å²) in [5.41, 5.74) is 5.33. The third-order valence-corrected chi connectivity index (χ3v) is 4.75. The quantitative estimate of drug-likeness (QED) is 0.610. The zero-order valence-electron chi connectivity index (χ0n) is 14.2. The second-order valence-electron chi connectivity index (χ2n) is 6.25. The Bertz CT molecular complexity index is 756. The maximum absolute atomic E-state index is 12.0. The number of hydrazine groups is 1. The van der Waals surface area contributed by atoms with Crippen LogP contribution in [0.1, 0.15) is 54.8 Å². The fourth-order valence-corrected chi connectivity index (χ4v) is 3.22. The van der Waals surface area contributed by atoms with Crippen molar-refractivity contribution in [2.45, 2.75) is 43.8 Å². The van der Waals surface area contributed by atoms with Gasteiger partial charge < -0.3 is 4.57 Å². The van der Waals surface area contributed by atoms with Crippen LogP contribution < -0.4 is 10.9 Å². The van der Waals surface area contributed by atoms with Crippen LogP contribution in [0.25, 0.3) is 0 Å². The van der Waals surface area contributed by atoms with Gasteiger partial charge in [0.2, 0.25) is 5.91 Å². The number of amides is 2. The molecule has 1 aromatic heterocycles. The third kappa shape index (κ3) is 4.39. The van der Waals surface area contributed by atoms with Crippen LogP contribution in [0.2, 0.25) is 0 Å². The first-order valence-electron chi connectivity index (χ1n) is 8.28. The number of aromatic nitrogens is 3. The van der Waals surface area contributed by atoms with E-state index in [2.05, 4.69) is 39.5 Å². The fraction of sp³-hybridized carbons (Fsp3) is 0.412. The monoisotopic (exact) mass is 359 g/mol. The molecule has 2 aromatic rings. The van der Waals surface area contributed by atoms with Crippen LogP contribution in [-0.4, -0.2) is 32.3 Å². The Morgan fingerprint density at radius 3 is 2.56 bits per heavy atom. The smallest absolute Gasteiger partial charge is 0.269 e. The van der Waals surface area contributed by atoms with E-state index >= 15 is 0 Å². The van der Waals surface area contributed by atoms with Crippen molar-refractivity contribution in [1.82, 2.24) is 25.6 Å². The zero-order valence-corrected chi connectivity index (χ0v) is 15.0. The van der Waals surface area contributed by atoms with Crippen LogP contribution >= 0.6 is 11.8 Å². The average Bonchev–Trinajstić information content (AvgIpc) is 3.37. The first-order valence-corrected chi connectivity index (χ1v) is 9.26. The van der Waals surface area contributed by atoms with E-state index in [-0.39, 0.29) is 17.6 Å². The molecule has 132 valence electrons.